The van der Waals surface area contributed by atoms with Crippen molar-refractivity contribution in [3.05, 3.63) is 30.3 Å². The van der Waals surface area contributed by atoms with Crippen LogP contribution < -0.4 is 10.1 Å². The molecular weight excluding hydrogens is 178 g/mol. The second kappa shape index (κ2) is 7.35. The molecule has 1 rings (SSSR count). The molecule has 0 aliphatic carbocycles. The highest BCUT2D eigenvalue weighted by molar-refractivity contribution is 5.20. The smallest absolute Gasteiger partial charge is 0.119 e. The molecule has 1 aromatic rings. The predicted molar refractivity (Wildman–Crippen MR) is 55.0 cm³/mol. The Balaban J connectivity index is 1.99. The first-order valence-corrected chi connectivity index (χ1v) is 4.90. The number of ether oxygens (including phenoxy) is 1. The van der Waals surface area contributed by atoms with Crippen LogP contribution in [0, 0.1) is 0 Å². The minimum atomic E-state index is -0.0560. The quantitative estimate of drug-likeness (QED) is 0.668. The van der Waals surface area contributed by atoms with Crippen molar-refractivity contribution < 1.29 is 9.84 Å². The second-order valence-electron chi connectivity index (χ2n) is 2.97. The van der Waals surface area contributed by atoms with Gasteiger partial charge in [-0.15, -0.1) is 0 Å². The molecule has 0 aliphatic rings. The Labute approximate surface area is 84.7 Å². The van der Waals surface area contributed by atoms with Gasteiger partial charge in [0.15, 0.2) is 0 Å². The van der Waals surface area contributed by atoms with Gasteiger partial charge in [-0.05, 0) is 25.1 Å². The highest BCUT2D eigenvalue weighted by Crippen LogP contribution is 2.07. The molecule has 77 valence electrons. The molecule has 1 aromatic carbocycles. The standard InChI is InChI=1S/C11H16NO2/c13-9-8-12-7-4-10-14-11-5-2-1-3-6-11/h1-3,5-6,12H,4,7-10H2. The molecule has 0 saturated carbocycles. The Morgan fingerprint density at radius 2 is 1.93 bits per heavy atom. The van der Waals surface area contributed by atoms with E-state index in [0.29, 0.717) is 13.2 Å². The number of benzene rings is 1. The summed E-state index contributed by atoms with van der Waals surface area (Å²) in [4.78, 5) is 0. The van der Waals surface area contributed by atoms with Gasteiger partial charge >= 0.3 is 0 Å². The lowest BCUT2D eigenvalue weighted by Gasteiger charge is -2.05. The van der Waals surface area contributed by atoms with E-state index in [-0.39, 0.29) is 6.61 Å². The molecule has 3 heteroatoms. The Morgan fingerprint density at radius 3 is 2.64 bits per heavy atom. The van der Waals surface area contributed by atoms with E-state index in [0.717, 1.165) is 18.7 Å². The first kappa shape index (κ1) is 11.0. The van der Waals surface area contributed by atoms with Crippen LogP contribution in [0.15, 0.2) is 30.3 Å². The Hall–Kier alpha value is -1.06. The van der Waals surface area contributed by atoms with Crippen molar-refractivity contribution in [1.29, 1.82) is 0 Å². The normalized spacial score (nSPS) is 10.1. The topological polar surface area (TPSA) is 41.2 Å². The lowest BCUT2D eigenvalue weighted by Crippen LogP contribution is -2.20. The number of para-hydroxylation sites is 1. The van der Waals surface area contributed by atoms with Gasteiger partial charge in [-0.3, -0.25) is 0 Å². The maximum absolute atomic E-state index is 10.1. The zero-order chi connectivity index (χ0) is 10.1. The molecule has 1 radical (unpaired) electrons. The fourth-order valence-electron chi connectivity index (χ4n) is 1.10. The maximum atomic E-state index is 10.1. The van der Waals surface area contributed by atoms with Gasteiger partial charge in [0.25, 0.3) is 0 Å². The number of hydrogen-bond donors (Lipinski definition) is 1. The maximum Gasteiger partial charge on any atom is 0.119 e. The third-order valence-electron chi connectivity index (χ3n) is 1.79. The van der Waals surface area contributed by atoms with E-state index >= 15 is 0 Å². The molecule has 0 aliphatic heterocycles. The summed E-state index contributed by atoms with van der Waals surface area (Å²) in [7, 11) is 0. The van der Waals surface area contributed by atoms with Gasteiger partial charge in [-0.25, -0.2) is 5.11 Å². The Bertz CT molecular complexity index is 226. The predicted octanol–water partition coefficient (Wildman–Crippen LogP) is 1.48. The van der Waals surface area contributed by atoms with Gasteiger partial charge in [-0.2, -0.15) is 0 Å². The van der Waals surface area contributed by atoms with Crippen molar-refractivity contribution in [3.8, 4) is 5.75 Å². The molecule has 3 nitrogen and oxygen atoms in total. The summed E-state index contributed by atoms with van der Waals surface area (Å²) in [6.45, 7) is 2.02. The van der Waals surface area contributed by atoms with E-state index in [1.54, 1.807) is 0 Å². The van der Waals surface area contributed by atoms with E-state index in [1.165, 1.54) is 0 Å². The molecule has 0 spiro atoms. The highest BCUT2D eigenvalue weighted by atomic mass is 16.5. The van der Waals surface area contributed by atoms with Crippen molar-refractivity contribution in [3.63, 3.8) is 0 Å². The highest BCUT2D eigenvalue weighted by Gasteiger charge is 1.91. The average molecular weight is 194 g/mol. The van der Waals surface area contributed by atoms with Crippen LogP contribution in [0.5, 0.6) is 5.75 Å². The van der Waals surface area contributed by atoms with Crippen LogP contribution in [-0.2, 0) is 5.11 Å². The molecule has 0 fully saturated rings. The first-order valence-electron chi connectivity index (χ1n) is 4.90. The summed E-state index contributed by atoms with van der Waals surface area (Å²) >= 11 is 0. The van der Waals surface area contributed by atoms with E-state index < -0.39 is 0 Å². The number of nitrogens with one attached hydrogen (secondary N) is 1. The van der Waals surface area contributed by atoms with E-state index in [2.05, 4.69) is 5.32 Å². The lowest BCUT2D eigenvalue weighted by atomic mass is 10.3. The van der Waals surface area contributed by atoms with Gasteiger partial charge in [0.2, 0.25) is 0 Å². The van der Waals surface area contributed by atoms with E-state index in [1.807, 2.05) is 30.3 Å². The van der Waals surface area contributed by atoms with Gasteiger partial charge < -0.3 is 10.1 Å². The largest absolute Gasteiger partial charge is 0.494 e. The zero-order valence-corrected chi connectivity index (χ0v) is 8.24. The summed E-state index contributed by atoms with van der Waals surface area (Å²) < 4.78 is 5.47. The van der Waals surface area contributed by atoms with Gasteiger partial charge in [-0.1, -0.05) is 18.2 Å². The molecule has 0 atom stereocenters. The van der Waals surface area contributed by atoms with Gasteiger partial charge in [0.05, 0.1) is 13.2 Å². The molecule has 0 amide bonds. The fraction of sp³-hybridized carbons (Fsp3) is 0.455. The SMILES string of the molecule is [O]CCNCCCOc1ccccc1. The molecule has 14 heavy (non-hydrogen) atoms. The molecular formula is C11H16NO2. The fourth-order valence-corrected chi connectivity index (χ4v) is 1.10. The summed E-state index contributed by atoms with van der Waals surface area (Å²) in [6.07, 6.45) is 0.925. The van der Waals surface area contributed by atoms with Crippen molar-refractivity contribution in [2.24, 2.45) is 0 Å². The van der Waals surface area contributed by atoms with Crippen molar-refractivity contribution in [2.45, 2.75) is 6.42 Å². The molecule has 0 unspecified atom stereocenters. The Morgan fingerprint density at radius 1 is 1.14 bits per heavy atom. The van der Waals surface area contributed by atoms with Crippen LogP contribution in [0.3, 0.4) is 0 Å². The summed E-state index contributed by atoms with van der Waals surface area (Å²) in [5, 5.41) is 13.1. The second-order valence-corrected chi connectivity index (χ2v) is 2.97. The summed E-state index contributed by atoms with van der Waals surface area (Å²) in [5.41, 5.74) is 0. The van der Waals surface area contributed by atoms with E-state index in [9.17, 15) is 5.11 Å². The zero-order valence-electron chi connectivity index (χ0n) is 8.24. The van der Waals surface area contributed by atoms with Crippen molar-refractivity contribution in [1.82, 2.24) is 5.32 Å². The molecule has 0 aromatic heterocycles. The number of hydrogen-bond acceptors (Lipinski definition) is 2. The molecule has 0 bridgehead atoms. The van der Waals surface area contributed by atoms with Crippen LogP contribution in [0.2, 0.25) is 0 Å². The van der Waals surface area contributed by atoms with Crippen LogP contribution >= 0.6 is 0 Å². The summed E-state index contributed by atoms with van der Waals surface area (Å²) in [5.74, 6) is 0.899. The molecule has 0 heterocycles. The van der Waals surface area contributed by atoms with Crippen LogP contribution in [0.4, 0.5) is 0 Å². The van der Waals surface area contributed by atoms with Crippen LogP contribution in [0.25, 0.3) is 0 Å². The third kappa shape index (κ3) is 4.84. The van der Waals surface area contributed by atoms with Crippen LogP contribution in [0.1, 0.15) is 6.42 Å². The van der Waals surface area contributed by atoms with Crippen LogP contribution in [-0.4, -0.2) is 26.3 Å². The number of rotatable bonds is 7. The first-order chi connectivity index (χ1) is 6.93. The minimum Gasteiger partial charge on any atom is -0.494 e. The monoisotopic (exact) mass is 194 g/mol. The minimum absolute atomic E-state index is 0.0560. The average Bonchev–Trinajstić information content (AvgIpc) is 2.25. The van der Waals surface area contributed by atoms with Gasteiger partial charge in [0, 0.05) is 6.54 Å². The molecule has 0 saturated heterocycles. The van der Waals surface area contributed by atoms with Gasteiger partial charge in [0.1, 0.15) is 5.75 Å². The van der Waals surface area contributed by atoms with Crippen molar-refractivity contribution >= 4 is 0 Å². The van der Waals surface area contributed by atoms with E-state index in [4.69, 9.17) is 4.74 Å². The van der Waals surface area contributed by atoms with Crippen molar-refractivity contribution in [2.75, 3.05) is 26.3 Å². The third-order valence-corrected chi connectivity index (χ3v) is 1.79. The Kier molecular flexibility index (Phi) is 5.79. The summed E-state index contributed by atoms with van der Waals surface area (Å²) in [6, 6.07) is 9.73. The molecule has 1 N–H and O–H groups in total. The lowest BCUT2D eigenvalue weighted by molar-refractivity contribution is 0.193.